The van der Waals surface area contributed by atoms with E-state index in [1.54, 1.807) is 0 Å². The molecule has 2 rings (SSSR count). The molecular formula is C13H10FN3O3. The highest BCUT2D eigenvalue weighted by molar-refractivity contribution is 5.87. The van der Waals surface area contributed by atoms with Gasteiger partial charge in [0.05, 0.1) is 18.4 Å². The maximum absolute atomic E-state index is 13.9. The molecule has 0 spiro atoms. The second-order valence-corrected chi connectivity index (χ2v) is 3.99. The zero-order valence-electron chi connectivity index (χ0n) is 10.7. The van der Waals surface area contributed by atoms with Gasteiger partial charge in [0.15, 0.2) is 17.3 Å². The lowest BCUT2D eigenvalue weighted by Gasteiger charge is -2.07. The molecule has 1 N–H and O–H groups in total. The number of aromatic nitrogens is 2. The number of carboxylic acids is 1. The molecule has 0 radical (unpaired) electrons. The van der Waals surface area contributed by atoms with Crippen molar-refractivity contribution < 1.29 is 19.0 Å². The van der Waals surface area contributed by atoms with E-state index in [0.29, 0.717) is 11.3 Å². The number of rotatable bonds is 3. The highest BCUT2D eigenvalue weighted by Crippen LogP contribution is 2.29. The monoisotopic (exact) mass is 275 g/mol. The molecular weight excluding hydrogens is 265 g/mol. The quantitative estimate of drug-likeness (QED) is 0.922. The van der Waals surface area contributed by atoms with Gasteiger partial charge in [-0.1, -0.05) is 0 Å². The van der Waals surface area contributed by atoms with Gasteiger partial charge in [0.2, 0.25) is 0 Å². The van der Waals surface area contributed by atoms with E-state index in [4.69, 9.17) is 15.1 Å². The van der Waals surface area contributed by atoms with Gasteiger partial charge >= 0.3 is 5.97 Å². The fraction of sp³-hybridized carbons (Fsp3) is 0.154. The molecule has 0 aliphatic carbocycles. The molecule has 0 saturated carbocycles. The molecule has 1 aromatic carbocycles. The predicted molar refractivity (Wildman–Crippen MR) is 66.8 cm³/mol. The average molecular weight is 275 g/mol. The lowest BCUT2D eigenvalue weighted by atomic mass is 10.1. The maximum atomic E-state index is 13.9. The summed E-state index contributed by atoms with van der Waals surface area (Å²) in [7, 11) is 2.81. The first-order valence-corrected chi connectivity index (χ1v) is 5.53. The number of aromatic carboxylic acids is 1. The maximum Gasteiger partial charge on any atom is 0.356 e. The number of hydrogen-bond acceptors (Lipinski definition) is 4. The third-order valence-electron chi connectivity index (χ3n) is 2.76. The Hall–Kier alpha value is -2.88. The third kappa shape index (κ3) is 2.19. The van der Waals surface area contributed by atoms with Crippen molar-refractivity contribution in [3.8, 4) is 23.1 Å². The Labute approximate surface area is 113 Å². The molecule has 0 aliphatic heterocycles. The first-order valence-electron chi connectivity index (χ1n) is 5.53. The average Bonchev–Trinajstić information content (AvgIpc) is 2.80. The highest BCUT2D eigenvalue weighted by Gasteiger charge is 2.17. The normalized spacial score (nSPS) is 10.1. The Morgan fingerprint density at radius 3 is 2.70 bits per heavy atom. The molecule has 0 unspecified atom stereocenters. The summed E-state index contributed by atoms with van der Waals surface area (Å²) in [5.41, 5.74) is 0.612. The summed E-state index contributed by atoms with van der Waals surface area (Å²) in [5, 5.41) is 21.7. The van der Waals surface area contributed by atoms with Crippen LogP contribution in [0.25, 0.3) is 11.3 Å². The standard InChI is InChI=1S/C13H10FN3O3/c1-17-11(5-10(16-17)13(18)19)7-3-8(6-15)12(20-2)9(14)4-7/h3-5H,1-2H3,(H,18,19). The van der Waals surface area contributed by atoms with Crippen molar-refractivity contribution in [2.24, 2.45) is 7.05 Å². The Balaban J connectivity index is 2.62. The number of halogens is 1. The zero-order chi connectivity index (χ0) is 14.9. The largest absolute Gasteiger partial charge is 0.492 e. The smallest absolute Gasteiger partial charge is 0.356 e. The lowest BCUT2D eigenvalue weighted by molar-refractivity contribution is 0.0689. The number of benzene rings is 1. The van der Waals surface area contributed by atoms with E-state index in [-0.39, 0.29) is 17.0 Å². The summed E-state index contributed by atoms with van der Waals surface area (Å²) in [6.45, 7) is 0. The second kappa shape index (κ2) is 5.01. The van der Waals surface area contributed by atoms with E-state index in [1.807, 2.05) is 6.07 Å². The van der Waals surface area contributed by atoms with Crippen LogP contribution >= 0.6 is 0 Å². The lowest BCUT2D eigenvalue weighted by Crippen LogP contribution is -1.99. The van der Waals surface area contributed by atoms with Crippen LogP contribution in [0.15, 0.2) is 18.2 Å². The SMILES string of the molecule is COc1c(F)cc(-c2cc(C(=O)O)nn2C)cc1C#N. The Morgan fingerprint density at radius 1 is 1.50 bits per heavy atom. The molecule has 0 bridgehead atoms. The summed E-state index contributed by atoms with van der Waals surface area (Å²) >= 11 is 0. The Morgan fingerprint density at radius 2 is 2.20 bits per heavy atom. The van der Waals surface area contributed by atoms with Gasteiger partial charge < -0.3 is 9.84 Å². The minimum atomic E-state index is -1.18. The molecule has 0 aliphatic rings. The molecule has 102 valence electrons. The molecule has 2 aromatic rings. The van der Waals surface area contributed by atoms with Crippen LogP contribution in [-0.4, -0.2) is 28.0 Å². The van der Waals surface area contributed by atoms with Gasteiger partial charge in [-0.2, -0.15) is 10.4 Å². The van der Waals surface area contributed by atoms with E-state index in [1.165, 1.54) is 37.0 Å². The molecule has 0 atom stereocenters. The molecule has 0 saturated heterocycles. The van der Waals surface area contributed by atoms with Crippen molar-refractivity contribution in [2.75, 3.05) is 7.11 Å². The van der Waals surface area contributed by atoms with Crippen LogP contribution < -0.4 is 4.74 Å². The summed E-state index contributed by atoms with van der Waals surface area (Å²) in [5.74, 6) is -2.02. The van der Waals surface area contributed by atoms with Crippen LogP contribution in [0.4, 0.5) is 4.39 Å². The first-order chi connectivity index (χ1) is 9.47. The van der Waals surface area contributed by atoms with Gasteiger partial charge in [0.1, 0.15) is 6.07 Å². The van der Waals surface area contributed by atoms with Crippen molar-refractivity contribution in [3.05, 3.63) is 35.3 Å². The molecule has 0 fully saturated rings. The van der Waals surface area contributed by atoms with Crippen LogP contribution in [0.5, 0.6) is 5.75 Å². The van der Waals surface area contributed by atoms with Crippen LogP contribution in [0.1, 0.15) is 16.1 Å². The van der Waals surface area contributed by atoms with Gasteiger partial charge in [-0.15, -0.1) is 0 Å². The first kappa shape index (κ1) is 13.5. The summed E-state index contributed by atoms with van der Waals surface area (Å²) in [4.78, 5) is 10.9. The number of carboxylic acid groups (broad SMARTS) is 1. The van der Waals surface area contributed by atoms with Gasteiger partial charge in [-0.3, -0.25) is 4.68 Å². The van der Waals surface area contributed by atoms with E-state index in [0.717, 1.165) is 0 Å². The van der Waals surface area contributed by atoms with Crippen molar-refractivity contribution in [1.29, 1.82) is 5.26 Å². The van der Waals surface area contributed by atoms with E-state index in [9.17, 15) is 9.18 Å². The number of hydrogen-bond donors (Lipinski definition) is 1. The number of methoxy groups -OCH3 is 1. The van der Waals surface area contributed by atoms with Crippen molar-refractivity contribution in [1.82, 2.24) is 9.78 Å². The van der Waals surface area contributed by atoms with E-state index >= 15 is 0 Å². The topological polar surface area (TPSA) is 88.1 Å². The number of ether oxygens (including phenoxy) is 1. The summed E-state index contributed by atoms with van der Waals surface area (Å²) < 4.78 is 20.0. The molecule has 0 amide bonds. The third-order valence-corrected chi connectivity index (χ3v) is 2.76. The van der Waals surface area contributed by atoms with E-state index in [2.05, 4.69) is 5.10 Å². The molecule has 1 heterocycles. The minimum Gasteiger partial charge on any atom is -0.492 e. The van der Waals surface area contributed by atoms with Crippen LogP contribution in [0, 0.1) is 17.1 Å². The number of nitriles is 1. The highest BCUT2D eigenvalue weighted by atomic mass is 19.1. The van der Waals surface area contributed by atoms with E-state index < -0.39 is 11.8 Å². The Kier molecular flexibility index (Phi) is 3.39. The second-order valence-electron chi connectivity index (χ2n) is 3.99. The molecule has 6 nitrogen and oxygen atoms in total. The van der Waals surface area contributed by atoms with Crippen molar-refractivity contribution >= 4 is 5.97 Å². The molecule has 7 heteroatoms. The summed E-state index contributed by atoms with van der Waals surface area (Å²) in [6.07, 6.45) is 0. The Bertz CT molecular complexity index is 731. The zero-order valence-corrected chi connectivity index (χ0v) is 10.7. The fourth-order valence-corrected chi connectivity index (χ4v) is 1.87. The van der Waals surface area contributed by atoms with Gasteiger partial charge in [0, 0.05) is 12.6 Å². The van der Waals surface area contributed by atoms with Gasteiger partial charge in [-0.05, 0) is 18.2 Å². The molecule has 1 aromatic heterocycles. The van der Waals surface area contributed by atoms with Crippen LogP contribution in [0.2, 0.25) is 0 Å². The van der Waals surface area contributed by atoms with Gasteiger partial charge in [-0.25, -0.2) is 9.18 Å². The van der Waals surface area contributed by atoms with Crippen molar-refractivity contribution in [3.63, 3.8) is 0 Å². The fourth-order valence-electron chi connectivity index (χ4n) is 1.87. The van der Waals surface area contributed by atoms with Gasteiger partial charge in [0.25, 0.3) is 0 Å². The van der Waals surface area contributed by atoms with Crippen LogP contribution in [-0.2, 0) is 7.05 Å². The number of aryl methyl sites for hydroxylation is 1. The van der Waals surface area contributed by atoms with Crippen molar-refractivity contribution in [2.45, 2.75) is 0 Å². The predicted octanol–water partition coefficient (Wildman–Crippen LogP) is 1.80. The summed E-state index contributed by atoms with van der Waals surface area (Å²) in [6, 6.07) is 5.74. The van der Waals surface area contributed by atoms with Crippen LogP contribution in [0.3, 0.4) is 0 Å². The minimum absolute atomic E-state index is 0.0283. The number of carbonyl (C=O) groups is 1. The molecule has 20 heavy (non-hydrogen) atoms. The number of nitrogens with zero attached hydrogens (tertiary/aromatic N) is 3.